The number of alkyl halides is 2. The largest absolute Gasteiger partial charge is 0.321 e. The van der Waals surface area contributed by atoms with Crippen molar-refractivity contribution >= 4 is 46.7 Å². The van der Waals surface area contributed by atoms with Gasteiger partial charge in [0.15, 0.2) is 0 Å². The minimum absolute atomic E-state index is 0.308. The molecule has 0 aliphatic carbocycles. The molecule has 0 radical (unpaired) electrons. The first kappa shape index (κ1) is 17.1. The molecule has 0 heterocycles. The van der Waals surface area contributed by atoms with E-state index in [4.69, 9.17) is 11.6 Å². The predicted molar refractivity (Wildman–Crippen MR) is 89.5 cm³/mol. The van der Waals surface area contributed by atoms with Gasteiger partial charge in [-0.3, -0.25) is 4.79 Å². The lowest BCUT2D eigenvalue weighted by atomic mass is 10.2. The average Bonchev–Trinajstić information content (AvgIpc) is 2.49. The summed E-state index contributed by atoms with van der Waals surface area (Å²) in [6.07, 6.45) is 1.89. The van der Waals surface area contributed by atoms with E-state index in [1.54, 1.807) is 30.3 Å². The molecule has 0 bridgehead atoms. The van der Waals surface area contributed by atoms with Crippen molar-refractivity contribution < 1.29 is 13.6 Å². The molecule has 0 fully saturated rings. The van der Waals surface area contributed by atoms with Crippen molar-refractivity contribution in [1.29, 1.82) is 0 Å². The number of hydrogen-bond donors (Lipinski definition) is 1. The minimum atomic E-state index is -2.55. The second-order valence-corrected chi connectivity index (χ2v) is 6.49. The lowest BCUT2D eigenvalue weighted by Gasteiger charge is -2.11. The average molecular weight is 360 g/mol. The highest BCUT2D eigenvalue weighted by molar-refractivity contribution is 7.99. The Morgan fingerprint density at radius 2 is 1.95 bits per heavy atom. The van der Waals surface area contributed by atoms with E-state index in [1.807, 2.05) is 12.3 Å². The Kier molecular flexibility index (Phi) is 6.11. The molecule has 1 N–H and O–H groups in total. The van der Waals surface area contributed by atoms with E-state index in [0.29, 0.717) is 32.9 Å². The van der Waals surface area contributed by atoms with Crippen LogP contribution in [0.2, 0.25) is 5.02 Å². The van der Waals surface area contributed by atoms with Crippen molar-refractivity contribution in [3.05, 3.63) is 53.1 Å². The number of carbonyl (C=O) groups is 1. The molecule has 2 aromatic carbocycles. The zero-order valence-electron chi connectivity index (χ0n) is 11.5. The van der Waals surface area contributed by atoms with Gasteiger partial charge in [0.1, 0.15) is 0 Å². The molecule has 0 saturated carbocycles. The summed E-state index contributed by atoms with van der Waals surface area (Å²) in [6.45, 7) is 0. The van der Waals surface area contributed by atoms with Gasteiger partial charge in [-0.05, 0) is 36.6 Å². The molecular weight excluding hydrogens is 348 g/mol. The van der Waals surface area contributed by atoms with Crippen LogP contribution in [-0.4, -0.2) is 17.9 Å². The molecule has 0 aromatic heterocycles. The second kappa shape index (κ2) is 7.85. The SMILES string of the molecule is CSc1ccc(Cl)c(C(=O)Nc2ccccc2SC(F)F)c1. The predicted octanol–water partition coefficient (Wildman–Crippen LogP) is 5.63. The number of halogens is 3. The van der Waals surface area contributed by atoms with Crippen LogP contribution in [0.15, 0.2) is 52.3 Å². The molecule has 7 heteroatoms. The van der Waals surface area contributed by atoms with Crippen LogP contribution in [0.25, 0.3) is 0 Å². The highest BCUT2D eigenvalue weighted by Gasteiger charge is 2.15. The maximum absolute atomic E-state index is 12.6. The third-order valence-corrected chi connectivity index (χ3v) is 4.61. The normalized spacial score (nSPS) is 10.8. The zero-order chi connectivity index (χ0) is 16.1. The Labute approximate surface area is 140 Å². The molecule has 0 aliphatic heterocycles. The minimum Gasteiger partial charge on any atom is -0.321 e. The Morgan fingerprint density at radius 3 is 2.64 bits per heavy atom. The highest BCUT2D eigenvalue weighted by Crippen LogP contribution is 2.32. The van der Waals surface area contributed by atoms with Crippen molar-refractivity contribution in [1.82, 2.24) is 0 Å². The van der Waals surface area contributed by atoms with Crippen LogP contribution in [0.3, 0.4) is 0 Å². The maximum Gasteiger partial charge on any atom is 0.288 e. The number of benzene rings is 2. The molecule has 0 saturated heterocycles. The summed E-state index contributed by atoms with van der Waals surface area (Å²) in [7, 11) is 0. The highest BCUT2D eigenvalue weighted by atomic mass is 35.5. The van der Waals surface area contributed by atoms with Crippen LogP contribution in [-0.2, 0) is 0 Å². The number of thioether (sulfide) groups is 2. The van der Waals surface area contributed by atoms with Gasteiger partial charge in [0.2, 0.25) is 0 Å². The Balaban J connectivity index is 2.26. The smallest absolute Gasteiger partial charge is 0.288 e. The number of anilines is 1. The fourth-order valence-corrected chi connectivity index (χ4v) is 3.00. The topological polar surface area (TPSA) is 29.1 Å². The lowest BCUT2D eigenvalue weighted by molar-refractivity contribution is 0.102. The summed E-state index contributed by atoms with van der Waals surface area (Å²) in [6, 6.07) is 11.5. The van der Waals surface area contributed by atoms with Crippen LogP contribution in [0.1, 0.15) is 10.4 Å². The molecule has 2 aromatic rings. The van der Waals surface area contributed by atoms with Gasteiger partial charge in [-0.25, -0.2) is 0 Å². The molecule has 0 aliphatic rings. The van der Waals surface area contributed by atoms with Crippen molar-refractivity contribution in [3.8, 4) is 0 Å². The van der Waals surface area contributed by atoms with Gasteiger partial charge in [0.05, 0.1) is 16.3 Å². The molecule has 2 nitrogen and oxygen atoms in total. The Morgan fingerprint density at radius 1 is 1.23 bits per heavy atom. The number of para-hydroxylation sites is 1. The Bertz CT molecular complexity index is 682. The Hall–Kier alpha value is -1.24. The van der Waals surface area contributed by atoms with Crippen LogP contribution >= 0.6 is 35.1 Å². The van der Waals surface area contributed by atoms with Gasteiger partial charge in [-0.2, -0.15) is 8.78 Å². The summed E-state index contributed by atoms with van der Waals surface area (Å²) in [5, 5.41) is 2.95. The fraction of sp³-hybridized carbons (Fsp3) is 0.133. The molecule has 1 amide bonds. The molecule has 22 heavy (non-hydrogen) atoms. The van der Waals surface area contributed by atoms with Gasteiger partial charge >= 0.3 is 0 Å². The third-order valence-electron chi connectivity index (χ3n) is 2.77. The molecule has 0 unspecified atom stereocenters. The molecule has 116 valence electrons. The van der Waals surface area contributed by atoms with Gasteiger partial charge < -0.3 is 5.32 Å². The van der Waals surface area contributed by atoms with Gasteiger partial charge in [-0.15, -0.1) is 11.8 Å². The lowest BCUT2D eigenvalue weighted by Crippen LogP contribution is -2.13. The third kappa shape index (κ3) is 4.38. The molecule has 0 spiro atoms. The number of carbonyl (C=O) groups excluding carboxylic acids is 1. The zero-order valence-corrected chi connectivity index (χ0v) is 13.9. The first-order valence-electron chi connectivity index (χ1n) is 6.20. The second-order valence-electron chi connectivity index (χ2n) is 4.17. The van der Waals surface area contributed by atoms with E-state index >= 15 is 0 Å². The fourth-order valence-electron chi connectivity index (χ4n) is 1.76. The van der Waals surface area contributed by atoms with Crippen LogP contribution in [0.4, 0.5) is 14.5 Å². The van der Waals surface area contributed by atoms with Crippen LogP contribution in [0.5, 0.6) is 0 Å². The van der Waals surface area contributed by atoms with Gasteiger partial charge in [0.25, 0.3) is 11.7 Å². The first-order valence-corrected chi connectivity index (χ1v) is 8.68. The standard InChI is InChI=1S/C15H12ClF2NOS2/c1-21-9-6-7-11(16)10(8-9)14(20)19-12-4-2-3-5-13(12)22-15(17)18/h2-8,15H,1H3,(H,19,20). The number of hydrogen-bond acceptors (Lipinski definition) is 3. The first-order chi connectivity index (χ1) is 10.5. The molecule has 0 atom stereocenters. The van der Waals surface area contributed by atoms with Gasteiger partial charge in [-0.1, -0.05) is 35.5 Å². The summed E-state index contributed by atoms with van der Waals surface area (Å²) in [4.78, 5) is 13.5. The summed E-state index contributed by atoms with van der Waals surface area (Å²) in [5.41, 5.74) is 0.647. The van der Waals surface area contributed by atoms with Crippen molar-refractivity contribution in [2.24, 2.45) is 0 Å². The van der Waals surface area contributed by atoms with Crippen molar-refractivity contribution in [2.75, 3.05) is 11.6 Å². The van der Waals surface area contributed by atoms with E-state index in [0.717, 1.165) is 4.90 Å². The summed E-state index contributed by atoms with van der Waals surface area (Å²) < 4.78 is 25.1. The summed E-state index contributed by atoms with van der Waals surface area (Å²) in [5.74, 6) is -2.98. The van der Waals surface area contributed by atoms with Crippen LogP contribution in [0, 0.1) is 0 Å². The quantitative estimate of drug-likeness (QED) is 0.701. The van der Waals surface area contributed by atoms with Crippen molar-refractivity contribution in [2.45, 2.75) is 15.5 Å². The maximum atomic E-state index is 12.6. The molecule has 2 rings (SSSR count). The van der Waals surface area contributed by atoms with E-state index in [-0.39, 0.29) is 0 Å². The number of amides is 1. The van der Waals surface area contributed by atoms with Crippen molar-refractivity contribution in [3.63, 3.8) is 0 Å². The van der Waals surface area contributed by atoms with Crippen LogP contribution < -0.4 is 5.32 Å². The molecular formula is C15H12ClF2NOS2. The summed E-state index contributed by atoms with van der Waals surface area (Å²) >= 11 is 7.92. The monoisotopic (exact) mass is 359 g/mol. The number of nitrogens with one attached hydrogen (secondary N) is 1. The number of rotatable bonds is 5. The van der Waals surface area contributed by atoms with E-state index in [1.165, 1.54) is 17.8 Å². The van der Waals surface area contributed by atoms with E-state index in [2.05, 4.69) is 5.32 Å². The van der Waals surface area contributed by atoms with Gasteiger partial charge in [0, 0.05) is 9.79 Å². The van der Waals surface area contributed by atoms with E-state index in [9.17, 15) is 13.6 Å². The van der Waals surface area contributed by atoms with E-state index < -0.39 is 11.7 Å².